The topological polar surface area (TPSA) is 33.1 Å². The summed E-state index contributed by atoms with van der Waals surface area (Å²) in [4.78, 5) is 4.06. The maximum Gasteiger partial charge on any atom is 2.00 e. The van der Waals surface area contributed by atoms with Crippen LogP contribution in [-0.4, -0.2) is 10.1 Å². The van der Waals surface area contributed by atoms with Crippen molar-refractivity contribution >= 4 is 45.1 Å². The van der Waals surface area contributed by atoms with Gasteiger partial charge in [-0.3, -0.25) is 4.98 Å². The molecule has 5 heteroatoms. The first-order chi connectivity index (χ1) is 6.20. The van der Waals surface area contributed by atoms with Crippen LogP contribution in [0, 0.1) is 3.57 Å². The first-order valence-electron chi connectivity index (χ1n) is 3.62. The van der Waals surface area contributed by atoms with Gasteiger partial charge in [0, 0.05) is 11.6 Å². The molecule has 14 heavy (non-hydrogen) atoms. The van der Waals surface area contributed by atoms with Gasteiger partial charge in [0.25, 0.3) is 0 Å². The molecule has 0 radical (unpaired) electrons. The van der Waals surface area contributed by atoms with Crippen LogP contribution in [0.2, 0.25) is 5.02 Å². The summed E-state index contributed by atoms with van der Waals surface area (Å²) in [5.41, 5.74) is 0.555. The fourth-order valence-corrected chi connectivity index (χ4v) is 2.17. The second kappa shape index (κ2) is 4.73. The van der Waals surface area contributed by atoms with Gasteiger partial charge >= 0.3 is 19.5 Å². The zero-order chi connectivity index (χ0) is 9.42. The summed E-state index contributed by atoms with van der Waals surface area (Å²) in [6.07, 6.45) is 1.63. The first-order valence-corrected chi connectivity index (χ1v) is 5.07. The minimum Gasteiger partial charge on any atom is -0.505 e. The molecule has 0 aliphatic rings. The molecule has 1 aromatic heterocycles. The second-order valence-corrected chi connectivity index (χ2v) is 4.16. The smallest absolute Gasteiger partial charge is 0.505 e. The Bertz CT molecular complexity index is 478. The molecule has 0 unspecified atom stereocenters. The fourth-order valence-electron chi connectivity index (χ4n) is 1.16. The monoisotopic (exact) mass is 369 g/mol. The van der Waals surface area contributed by atoms with E-state index in [1.165, 1.54) is 0 Å². The normalized spacial score (nSPS) is 9.86. The molecule has 0 fully saturated rings. The van der Waals surface area contributed by atoms with E-state index >= 15 is 0 Å². The van der Waals surface area contributed by atoms with Crippen molar-refractivity contribution in [2.24, 2.45) is 0 Å². The summed E-state index contributed by atoms with van der Waals surface area (Å²) in [5, 5.41) is 11.0. The predicted molar refractivity (Wildman–Crippen MR) is 61.1 cm³/mol. The fraction of sp³-hybridized carbons (Fsp3) is 0. The van der Waals surface area contributed by atoms with Crippen molar-refractivity contribution in [3.05, 3.63) is 33.0 Å². The molecule has 2 nitrogen and oxygen atoms in total. The first kappa shape index (κ1) is 12.1. The van der Waals surface area contributed by atoms with E-state index in [4.69, 9.17) is 11.6 Å². The van der Waals surface area contributed by atoms with Crippen LogP contribution in [-0.2, 0) is 19.5 Å². The predicted octanol–water partition coefficient (Wildman–Crippen LogP) is 3.20. The number of halogens is 2. The number of aromatic hydroxyl groups is 1. The maximum absolute atomic E-state index is 9.65. The number of phenolic OH excluding ortho intramolecular Hbond substituents is 1. The van der Waals surface area contributed by atoms with E-state index in [1.54, 1.807) is 18.3 Å². The van der Waals surface area contributed by atoms with Gasteiger partial charge in [-0.1, -0.05) is 11.6 Å². The molecule has 1 aromatic carbocycles. The molecule has 0 bridgehead atoms. The van der Waals surface area contributed by atoms with E-state index < -0.39 is 0 Å². The summed E-state index contributed by atoms with van der Waals surface area (Å²) < 4.78 is 0.716. The Morgan fingerprint density at radius 2 is 2.14 bits per heavy atom. The molecule has 1 N–H and O–H groups in total. The van der Waals surface area contributed by atoms with Gasteiger partial charge in [0.1, 0.15) is 5.52 Å². The molecule has 1 heterocycles. The Kier molecular flexibility index (Phi) is 4.10. The van der Waals surface area contributed by atoms with Crippen LogP contribution in [0.15, 0.2) is 24.4 Å². The van der Waals surface area contributed by atoms with Gasteiger partial charge in [-0.25, -0.2) is 0 Å². The standard InChI is InChI=1S/C9H5ClINO.Zn/c10-6-4-7(11)9(13)8-5(6)2-1-3-12-8;/h1-4,13H;/q;+2. The van der Waals surface area contributed by atoms with Gasteiger partial charge in [-0.15, -0.1) is 0 Å². The molecule has 0 amide bonds. The summed E-state index contributed by atoms with van der Waals surface area (Å²) >= 11 is 8.00. The Morgan fingerprint density at radius 3 is 2.86 bits per heavy atom. The Hall–Kier alpha value is 0.0734. The SMILES string of the molecule is Oc1c(I)cc(Cl)c2cccnc12.[Zn+2]. The zero-order valence-corrected chi connectivity index (χ0v) is 13.0. The minimum atomic E-state index is 0. The molecule has 2 aromatic rings. The van der Waals surface area contributed by atoms with Gasteiger partial charge < -0.3 is 5.11 Å². The summed E-state index contributed by atoms with van der Waals surface area (Å²) in [6.45, 7) is 0. The number of pyridine rings is 1. The zero-order valence-electron chi connectivity index (χ0n) is 7.17. The number of rotatable bonds is 0. The molecule has 0 atom stereocenters. The molecule has 0 spiro atoms. The van der Waals surface area contributed by atoms with Gasteiger partial charge in [-0.05, 0) is 40.8 Å². The quantitative estimate of drug-likeness (QED) is 0.570. The van der Waals surface area contributed by atoms with Crippen molar-refractivity contribution in [2.75, 3.05) is 0 Å². The van der Waals surface area contributed by atoms with Crippen LogP contribution in [0.4, 0.5) is 0 Å². The molecule has 0 saturated heterocycles. The summed E-state index contributed by atoms with van der Waals surface area (Å²) in [7, 11) is 0. The van der Waals surface area contributed by atoms with Crippen molar-refractivity contribution in [1.29, 1.82) is 0 Å². The van der Waals surface area contributed by atoms with E-state index in [0.717, 1.165) is 5.39 Å². The molecular formula is C9H5ClINOZn+2. The Labute approximate surface area is 113 Å². The minimum absolute atomic E-state index is 0. The van der Waals surface area contributed by atoms with E-state index in [9.17, 15) is 5.11 Å². The number of phenols is 1. The third kappa shape index (κ3) is 2.02. The van der Waals surface area contributed by atoms with Crippen LogP contribution in [0.25, 0.3) is 10.9 Å². The molecular weight excluding hydrogens is 366 g/mol. The number of aromatic nitrogens is 1. The Morgan fingerprint density at radius 1 is 1.43 bits per heavy atom. The molecule has 0 aliphatic heterocycles. The average molecular weight is 371 g/mol. The molecule has 66 valence electrons. The molecule has 2 rings (SSSR count). The summed E-state index contributed by atoms with van der Waals surface area (Å²) in [6, 6.07) is 5.35. The van der Waals surface area contributed by atoms with Crippen molar-refractivity contribution in [2.45, 2.75) is 0 Å². The average Bonchev–Trinajstić information content (AvgIpc) is 2.15. The van der Waals surface area contributed by atoms with Crippen LogP contribution >= 0.6 is 34.2 Å². The van der Waals surface area contributed by atoms with E-state index in [1.807, 2.05) is 28.7 Å². The van der Waals surface area contributed by atoms with Crippen LogP contribution in [0.3, 0.4) is 0 Å². The summed E-state index contributed by atoms with van der Waals surface area (Å²) in [5.74, 6) is 0.195. The maximum atomic E-state index is 9.65. The second-order valence-electron chi connectivity index (χ2n) is 2.59. The van der Waals surface area contributed by atoms with Crippen molar-refractivity contribution in [3.8, 4) is 5.75 Å². The van der Waals surface area contributed by atoms with E-state index in [0.29, 0.717) is 14.1 Å². The van der Waals surface area contributed by atoms with E-state index in [2.05, 4.69) is 4.98 Å². The van der Waals surface area contributed by atoms with Crippen LogP contribution in [0.1, 0.15) is 0 Å². The van der Waals surface area contributed by atoms with Crippen molar-refractivity contribution in [1.82, 2.24) is 4.98 Å². The molecule has 0 saturated carbocycles. The Balaban J connectivity index is 0.000000980. The van der Waals surface area contributed by atoms with Crippen molar-refractivity contribution < 1.29 is 24.6 Å². The number of hydrogen-bond donors (Lipinski definition) is 1. The van der Waals surface area contributed by atoms with Gasteiger partial charge in [0.05, 0.1) is 8.59 Å². The third-order valence-corrected chi connectivity index (χ3v) is 2.90. The number of hydrogen-bond acceptors (Lipinski definition) is 2. The molecule has 0 aliphatic carbocycles. The van der Waals surface area contributed by atoms with Crippen molar-refractivity contribution in [3.63, 3.8) is 0 Å². The number of benzene rings is 1. The van der Waals surface area contributed by atoms with Crippen LogP contribution < -0.4 is 0 Å². The number of nitrogens with zero attached hydrogens (tertiary/aromatic N) is 1. The van der Waals surface area contributed by atoms with Crippen LogP contribution in [0.5, 0.6) is 5.75 Å². The van der Waals surface area contributed by atoms with Gasteiger partial charge in [0.15, 0.2) is 5.75 Å². The van der Waals surface area contributed by atoms with E-state index in [-0.39, 0.29) is 25.2 Å². The van der Waals surface area contributed by atoms with Gasteiger partial charge in [-0.2, -0.15) is 0 Å². The largest absolute Gasteiger partial charge is 2.00 e. The number of fused-ring (bicyclic) bond motifs is 1. The van der Waals surface area contributed by atoms with Gasteiger partial charge in [0.2, 0.25) is 0 Å². The third-order valence-electron chi connectivity index (χ3n) is 1.77.